The molecule has 10 heavy (non-hydrogen) atoms. The normalized spacial score (nSPS) is 25.5. The third kappa shape index (κ3) is 0.903. The molecular weight excluding hydrogens is 130 g/mol. The quantitative estimate of drug-likeness (QED) is 0.537. The monoisotopic (exact) mass is 141 g/mol. The second-order valence-corrected chi connectivity index (χ2v) is 2.27. The van der Waals surface area contributed by atoms with Crippen LogP contribution in [0.3, 0.4) is 0 Å². The molecule has 1 aliphatic rings. The molecule has 0 fully saturated rings. The molecule has 0 aromatic rings. The average molecular weight is 141 g/mol. The van der Waals surface area contributed by atoms with Crippen molar-refractivity contribution in [2.45, 2.75) is 19.9 Å². The van der Waals surface area contributed by atoms with E-state index in [0.29, 0.717) is 12.3 Å². The van der Waals surface area contributed by atoms with Crippen LogP contribution >= 0.6 is 0 Å². The van der Waals surface area contributed by atoms with Crippen molar-refractivity contribution in [2.75, 3.05) is 6.54 Å². The summed E-state index contributed by atoms with van der Waals surface area (Å²) in [7, 11) is 0. The molecule has 0 saturated heterocycles. The maximum absolute atomic E-state index is 11.0. The molecule has 4 heteroatoms. The van der Waals surface area contributed by atoms with Crippen LogP contribution in [0, 0.1) is 0 Å². The van der Waals surface area contributed by atoms with Gasteiger partial charge in [0.25, 0.3) is 5.91 Å². The Morgan fingerprint density at radius 1 is 1.80 bits per heavy atom. The SMILES string of the molecule is CCN1N=C(C)C(N)C1=O. The summed E-state index contributed by atoms with van der Waals surface area (Å²) in [4.78, 5) is 11.0. The van der Waals surface area contributed by atoms with E-state index in [4.69, 9.17) is 5.73 Å². The number of rotatable bonds is 1. The van der Waals surface area contributed by atoms with E-state index in [2.05, 4.69) is 5.10 Å². The van der Waals surface area contributed by atoms with Crippen molar-refractivity contribution in [3.05, 3.63) is 0 Å². The van der Waals surface area contributed by atoms with Gasteiger partial charge in [0.2, 0.25) is 0 Å². The van der Waals surface area contributed by atoms with Crippen molar-refractivity contribution < 1.29 is 4.79 Å². The summed E-state index contributed by atoms with van der Waals surface area (Å²) < 4.78 is 0. The molecule has 0 saturated carbocycles. The smallest absolute Gasteiger partial charge is 0.265 e. The molecule has 1 aliphatic heterocycles. The van der Waals surface area contributed by atoms with Gasteiger partial charge >= 0.3 is 0 Å². The van der Waals surface area contributed by atoms with Gasteiger partial charge in [0.15, 0.2) is 0 Å². The Hall–Kier alpha value is -0.900. The van der Waals surface area contributed by atoms with Gasteiger partial charge in [0.1, 0.15) is 6.04 Å². The number of carbonyl (C=O) groups is 1. The molecule has 1 rings (SSSR count). The lowest BCUT2D eigenvalue weighted by atomic mass is 10.2. The molecule has 1 atom stereocenters. The molecule has 1 amide bonds. The van der Waals surface area contributed by atoms with Gasteiger partial charge in [-0.25, -0.2) is 5.01 Å². The molecule has 0 spiro atoms. The summed E-state index contributed by atoms with van der Waals surface area (Å²) in [6, 6.07) is -0.500. The van der Waals surface area contributed by atoms with Gasteiger partial charge in [0.05, 0.1) is 5.71 Å². The zero-order chi connectivity index (χ0) is 7.72. The lowest BCUT2D eigenvalue weighted by molar-refractivity contribution is -0.129. The van der Waals surface area contributed by atoms with E-state index in [1.165, 1.54) is 5.01 Å². The number of nitrogens with zero attached hydrogens (tertiary/aromatic N) is 2. The zero-order valence-electron chi connectivity index (χ0n) is 6.16. The fraction of sp³-hybridized carbons (Fsp3) is 0.667. The van der Waals surface area contributed by atoms with Gasteiger partial charge in [-0.2, -0.15) is 5.10 Å². The minimum atomic E-state index is -0.500. The first kappa shape index (κ1) is 7.21. The van der Waals surface area contributed by atoms with Crippen molar-refractivity contribution in [3.63, 3.8) is 0 Å². The summed E-state index contributed by atoms with van der Waals surface area (Å²) in [5.41, 5.74) is 6.17. The van der Waals surface area contributed by atoms with E-state index in [-0.39, 0.29) is 5.91 Å². The third-order valence-electron chi connectivity index (χ3n) is 1.55. The maximum atomic E-state index is 11.0. The van der Waals surface area contributed by atoms with Crippen LogP contribution in [0.4, 0.5) is 0 Å². The number of carbonyl (C=O) groups excluding carboxylic acids is 1. The summed E-state index contributed by atoms with van der Waals surface area (Å²) in [5.74, 6) is -0.0972. The van der Waals surface area contributed by atoms with Crippen LogP contribution in [0.25, 0.3) is 0 Å². The van der Waals surface area contributed by atoms with Crippen molar-refractivity contribution in [2.24, 2.45) is 10.8 Å². The van der Waals surface area contributed by atoms with Crippen molar-refractivity contribution >= 4 is 11.6 Å². The highest BCUT2D eigenvalue weighted by atomic mass is 16.2. The van der Waals surface area contributed by atoms with E-state index < -0.39 is 6.04 Å². The Bertz CT molecular complexity index is 187. The number of hydrogen-bond acceptors (Lipinski definition) is 3. The molecule has 2 N–H and O–H groups in total. The Labute approximate surface area is 59.7 Å². The van der Waals surface area contributed by atoms with Gasteiger partial charge in [-0.3, -0.25) is 4.79 Å². The van der Waals surface area contributed by atoms with Crippen LogP contribution in [-0.2, 0) is 4.79 Å². The second kappa shape index (κ2) is 2.38. The van der Waals surface area contributed by atoms with Gasteiger partial charge in [-0.1, -0.05) is 0 Å². The van der Waals surface area contributed by atoms with E-state index in [1.807, 2.05) is 6.92 Å². The average Bonchev–Trinajstić information content (AvgIpc) is 2.17. The number of nitrogens with two attached hydrogens (primary N) is 1. The highest BCUT2D eigenvalue weighted by Crippen LogP contribution is 2.05. The van der Waals surface area contributed by atoms with Crippen LogP contribution in [-0.4, -0.2) is 29.2 Å². The van der Waals surface area contributed by atoms with E-state index in [9.17, 15) is 4.79 Å². The summed E-state index contributed by atoms with van der Waals surface area (Å²) in [6.45, 7) is 4.23. The van der Waals surface area contributed by atoms with Crippen LogP contribution < -0.4 is 5.73 Å². The molecule has 0 bridgehead atoms. The predicted octanol–water partition coefficient (Wildman–Crippen LogP) is -0.448. The number of hydrazone groups is 1. The highest BCUT2D eigenvalue weighted by molar-refractivity contribution is 6.10. The molecule has 0 aromatic carbocycles. The maximum Gasteiger partial charge on any atom is 0.265 e. The Kier molecular flexibility index (Phi) is 1.72. The number of likely N-dealkylation sites (N-methyl/N-ethyl adjacent to an activating group) is 1. The minimum Gasteiger partial charge on any atom is -0.315 e. The molecule has 4 nitrogen and oxygen atoms in total. The Balaban J connectivity index is 2.76. The number of hydrogen-bond donors (Lipinski definition) is 1. The first-order valence-corrected chi connectivity index (χ1v) is 3.29. The summed E-state index contributed by atoms with van der Waals surface area (Å²) in [5, 5.41) is 5.33. The van der Waals surface area contributed by atoms with Crippen molar-refractivity contribution in [3.8, 4) is 0 Å². The Morgan fingerprint density at radius 3 is 2.60 bits per heavy atom. The molecule has 0 aliphatic carbocycles. The molecule has 0 aromatic heterocycles. The van der Waals surface area contributed by atoms with Crippen LogP contribution in [0.5, 0.6) is 0 Å². The van der Waals surface area contributed by atoms with Crippen LogP contribution in [0.2, 0.25) is 0 Å². The first-order chi connectivity index (χ1) is 4.66. The Morgan fingerprint density at radius 2 is 2.40 bits per heavy atom. The topological polar surface area (TPSA) is 58.7 Å². The molecule has 0 radical (unpaired) electrons. The van der Waals surface area contributed by atoms with E-state index in [0.717, 1.165) is 0 Å². The van der Waals surface area contributed by atoms with E-state index >= 15 is 0 Å². The predicted molar refractivity (Wildman–Crippen MR) is 38.5 cm³/mol. The van der Waals surface area contributed by atoms with Gasteiger partial charge in [0, 0.05) is 6.54 Å². The molecule has 56 valence electrons. The van der Waals surface area contributed by atoms with E-state index in [1.54, 1.807) is 6.92 Å². The first-order valence-electron chi connectivity index (χ1n) is 3.29. The summed E-state index contributed by atoms with van der Waals surface area (Å²) >= 11 is 0. The fourth-order valence-corrected chi connectivity index (χ4v) is 0.868. The van der Waals surface area contributed by atoms with Gasteiger partial charge in [-0.05, 0) is 13.8 Å². The third-order valence-corrected chi connectivity index (χ3v) is 1.55. The van der Waals surface area contributed by atoms with Crippen molar-refractivity contribution in [1.82, 2.24) is 5.01 Å². The standard InChI is InChI=1S/C6H11N3O/c1-3-9-6(10)5(7)4(2)8-9/h5H,3,7H2,1-2H3. The fourth-order valence-electron chi connectivity index (χ4n) is 0.868. The highest BCUT2D eigenvalue weighted by Gasteiger charge is 2.28. The van der Waals surface area contributed by atoms with Crippen LogP contribution in [0.1, 0.15) is 13.8 Å². The zero-order valence-corrected chi connectivity index (χ0v) is 6.16. The second-order valence-electron chi connectivity index (χ2n) is 2.27. The molecular formula is C6H11N3O. The molecule has 1 unspecified atom stereocenters. The van der Waals surface area contributed by atoms with Gasteiger partial charge in [-0.15, -0.1) is 0 Å². The van der Waals surface area contributed by atoms with Gasteiger partial charge < -0.3 is 5.73 Å². The van der Waals surface area contributed by atoms with Crippen LogP contribution in [0.15, 0.2) is 5.10 Å². The lowest BCUT2D eigenvalue weighted by Crippen LogP contribution is -2.38. The number of amides is 1. The summed E-state index contributed by atoms with van der Waals surface area (Å²) in [6.07, 6.45) is 0. The lowest BCUT2D eigenvalue weighted by Gasteiger charge is -2.07. The van der Waals surface area contributed by atoms with Crippen molar-refractivity contribution in [1.29, 1.82) is 0 Å². The minimum absolute atomic E-state index is 0.0972. The largest absolute Gasteiger partial charge is 0.315 e. The molecule has 1 heterocycles.